The predicted molar refractivity (Wildman–Crippen MR) is 111 cm³/mol. The lowest BCUT2D eigenvalue weighted by atomic mass is 10.1. The molecule has 2 heterocycles. The van der Waals surface area contributed by atoms with Gasteiger partial charge in [0.15, 0.2) is 10.3 Å². The third-order valence-corrected chi connectivity index (χ3v) is 6.42. The zero-order chi connectivity index (χ0) is 20.4. The number of carbonyl (C=O) groups excluding carboxylic acids is 2. The van der Waals surface area contributed by atoms with Crippen LogP contribution >= 0.6 is 22.7 Å². The number of hydrogen-bond acceptors (Lipinski definition) is 8. The summed E-state index contributed by atoms with van der Waals surface area (Å²) in [6.45, 7) is 0. The van der Waals surface area contributed by atoms with E-state index in [1.165, 1.54) is 34.8 Å². The first-order valence-electron chi connectivity index (χ1n) is 9.08. The predicted octanol–water partition coefficient (Wildman–Crippen LogP) is 3.97. The van der Waals surface area contributed by atoms with Gasteiger partial charge in [0.2, 0.25) is 11.8 Å². The fraction of sp³-hybridized carbons (Fsp3) is 0.333. The first kappa shape index (κ1) is 19.4. The van der Waals surface area contributed by atoms with Gasteiger partial charge in [0.1, 0.15) is 0 Å². The molecular formula is C18H17N5O4S2. The van der Waals surface area contributed by atoms with Crippen LogP contribution in [0.25, 0.3) is 10.2 Å². The number of carbonyl (C=O) groups is 2. The van der Waals surface area contributed by atoms with E-state index < -0.39 is 4.92 Å². The average Bonchev–Trinajstić information content (AvgIpc) is 3.41. The van der Waals surface area contributed by atoms with Crippen LogP contribution in [0.5, 0.6) is 0 Å². The number of nitro groups is 1. The molecule has 2 amide bonds. The topological polar surface area (TPSA) is 127 Å². The Balaban J connectivity index is 1.36. The van der Waals surface area contributed by atoms with Crippen molar-refractivity contribution in [1.29, 1.82) is 0 Å². The summed E-state index contributed by atoms with van der Waals surface area (Å²) in [6.07, 6.45) is 4.04. The Morgan fingerprint density at radius 2 is 1.97 bits per heavy atom. The van der Waals surface area contributed by atoms with Crippen LogP contribution in [0.3, 0.4) is 0 Å². The van der Waals surface area contributed by atoms with E-state index in [1.807, 2.05) is 0 Å². The second-order valence-corrected chi connectivity index (χ2v) is 8.66. The molecule has 150 valence electrons. The Kier molecular flexibility index (Phi) is 5.49. The molecule has 2 N–H and O–H groups in total. The maximum Gasteiger partial charge on any atom is 0.270 e. The van der Waals surface area contributed by atoms with Crippen LogP contribution in [0.4, 0.5) is 16.0 Å². The van der Waals surface area contributed by atoms with E-state index in [1.54, 1.807) is 11.4 Å². The summed E-state index contributed by atoms with van der Waals surface area (Å²) in [5, 5.41) is 19.0. The molecule has 1 aliphatic carbocycles. The van der Waals surface area contributed by atoms with Gasteiger partial charge in [-0.25, -0.2) is 9.97 Å². The van der Waals surface area contributed by atoms with Crippen molar-refractivity contribution in [3.63, 3.8) is 0 Å². The highest BCUT2D eigenvalue weighted by Crippen LogP contribution is 2.29. The van der Waals surface area contributed by atoms with E-state index in [9.17, 15) is 19.7 Å². The van der Waals surface area contributed by atoms with E-state index in [0.29, 0.717) is 26.2 Å². The third-order valence-electron chi connectivity index (χ3n) is 4.68. The number of rotatable bonds is 6. The molecular weight excluding hydrogens is 414 g/mol. The summed E-state index contributed by atoms with van der Waals surface area (Å²) >= 11 is 2.47. The molecule has 1 aromatic carbocycles. The van der Waals surface area contributed by atoms with Crippen LogP contribution in [0.2, 0.25) is 0 Å². The molecule has 1 fully saturated rings. The zero-order valence-corrected chi connectivity index (χ0v) is 16.8. The molecule has 3 aromatic rings. The molecule has 1 aliphatic rings. The first-order chi connectivity index (χ1) is 14.0. The van der Waals surface area contributed by atoms with Crippen LogP contribution in [0.15, 0.2) is 23.6 Å². The first-order valence-corrected chi connectivity index (χ1v) is 10.8. The summed E-state index contributed by atoms with van der Waals surface area (Å²) < 4.78 is 0.625. The molecule has 0 aliphatic heterocycles. The van der Waals surface area contributed by atoms with E-state index in [2.05, 4.69) is 20.6 Å². The molecule has 2 aromatic heterocycles. The fourth-order valence-electron chi connectivity index (χ4n) is 3.25. The highest BCUT2D eigenvalue weighted by atomic mass is 32.1. The Labute approximate surface area is 173 Å². The SMILES string of the molecule is O=C(Cc1csc(NC(=O)C2CCCC2)n1)Nc1nc2ccc([N+](=O)[O-])cc2s1. The number of nitrogens with zero attached hydrogens (tertiary/aromatic N) is 3. The third kappa shape index (κ3) is 4.57. The molecule has 0 atom stereocenters. The van der Waals surface area contributed by atoms with E-state index in [-0.39, 0.29) is 29.8 Å². The second kappa shape index (κ2) is 8.21. The number of anilines is 2. The Morgan fingerprint density at radius 1 is 1.17 bits per heavy atom. The van der Waals surface area contributed by atoms with Gasteiger partial charge in [-0.15, -0.1) is 11.3 Å². The van der Waals surface area contributed by atoms with Crippen molar-refractivity contribution < 1.29 is 14.5 Å². The minimum absolute atomic E-state index is 0.00331. The molecule has 0 unspecified atom stereocenters. The van der Waals surface area contributed by atoms with Crippen molar-refractivity contribution in [2.24, 2.45) is 5.92 Å². The quantitative estimate of drug-likeness (QED) is 0.449. The average molecular weight is 431 g/mol. The number of thiazole rings is 2. The molecule has 4 rings (SSSR count). The largest absolute Gasteiger partial charge is 0.302 e. The summed E-state index contributed by atoms with van der Waals surface area (Å²) in [7, 11) is 0. The van der Waals surface area contributed by atoms with Gasteiger partial charge in [0.25, 0.3) is 5.69 Å². The number of nitro benzene ring substituents is 1. The lowest BCUT2D eigenvalue weighted by Crippen LogP contribution is -2.20. The lowest BCUT2D eigenvalue weighted by Gasteiger charge is -2.07. The summed E-state index contributed by atoms with van der Waals surface area (Å²) in [6, 6.07) is 4.37. The maximum absolute atomic E-state index is 12.3. The van der Waals surface area contributed by atoms with Crippen molar-refractivity contribution in [3.05, 3.63) is 39.4 Å². The number of aromatic nitrogens is 2. The lowest BCUT2D eigenvalue weighted by molar-refractivity contribution is -0.384. The number of benzene rings is 1. The second-order valence-electron chi connectivity index (χ2n) is 6.77. The van der Waals surface area contributed by atoms with Crippen LogP contribution in [0, 0.1) is 16.0 Å². The molecule has 0 saturated heterocycles. The summed E-state index contributed by atoms with van der Waals surface area (Å²) in [4.78, 5) is 43.4. The molecule has 9 nitrogen and oxygen atoms in total. The number of non-ortho nitro benzene ring substituents is 1. The molecule has 1 saturated carbocycles. The molecule has 11 heteroatoms. The number of amides is 2. The number of nitrogens with one attached hydrogen (secondary N) is 2. The van der Waals surface area contributed by atoms with Gasteiger partial charge in [-0.3, -0.25) is 19.7 Å². The Morgan fingerprint density at radius 3 is 2.72 bits per heavy atom. The minimum Gasteiger partial charge on any atom is -0.302 e. The van der Waals surface area contributed by atoms with Gasteiger partial charge in [-0.05, 0) is 18.9 Å². The van der Waals surface area contributed by atoms with Gasteiger partial charge in [-0.2, -0.15) is 0 Å². The van der Waals surface area contributed by atoms with E-state index in [0.717, 1.165) is 25.7 Å². The van der Waals surface area contributed by atoms with Crippen LogP contribution in [0.1, 0.15) is 31.4 Å². The van der Waals surface area contributed by atoms with Crippen molar-refractivity contribution in [1.82, 2.24) is 9.97 Å². The van der Waals surface area contributed by atoms with Crippen molar-refractivity contribution in [2.75, 3.05) is 10.6 Å². The number of fused-ring (bicyclic) bond motifs is 1. The maximum atomic E-state index is 12.3. The fourth-order valence-corrected chi connectivity index (χ4v) is 4.88. The van der Waals surface area contributed by atoms with Gasteiger partial charge in [-0.1, -0.05) is 24.2 Å². The summed E-state index contributed by atoms with van der Waals surface area (Å²) in [5.41, 5.74) is 1.13. The minimum atomic E-state index is -0.470. The van der Waals surface area contributed by atoms with Crippen molar-refractivity contribution >= 4 is 60.7 Å². The van der Waals surface area contributed by atoms with Crippen LogP contribution < -0.4 is 10.6 Å². The van der Waals surface area contributed by atoms with Crippen molar-refractivity contribution in [2.45, 2.75) is 32.1 Å². The standard InChI is InChI=1S/C18H17N5O4S2/c24-15(21-18-20-13-6-5-12(23(26)27)8-14(13)29-18)7-11-9-28-17(19-11)22-16(25)10-3-1-2-4-10/h5-6,8-10H,1-4,7H2,(H,19,22,25)(H,20,21,24). The number of hydrogen-bond donors (Lipinski definition) is 2. The van der Waals surface area contributed by atoms with Crippen LogP contribution in [-0.2, 0) is 16.0 Å². The van der Waals surface area contributed by atoms with Crippen molar-refractivity contribution in [3.8, 4) is 0 Å². The highest BCUT2D eigenvalue weighted by molar-refractivity contribution is 7.22. The highest BCUT2D eigenvalue weighted by Gasteiger charge is 2.23. The molecule has 0 spiro atoms. The van der Waals surface area contributed by atoms with Crippen LogP contribution in [-0.4, -0.2) is 26.7 Å². The van der Waals surface area contributed by atoms with E-state index in [4.69, 9.17) is 0 Å². The molecule has 0 radical (unpaired) electrons. The summed E-state index contributed by atoms with van der Waals surface area (Å²) in [5.74, 6) is -0.241. The van der Waals surface area contributed by atoms with E-state index >= 15 is 0 Å². The molecule has 29 heavy (non-hydrogen) atoms. The van der Waals surface area contributed by atoms with Gasteiger partial charge in [0.05, 0.1) is 27.3 Å². The van der Waals surface area contributed by atoms with Gasteiger partial charge < -0.3 is 10.6 Å². The molecule has 0 bridgehead atoms. The monoisotopic (exact) mass is 431 g/mol. The zero-order valence-electron chi connectivity index (χ0n) is 15.2. The van der Waals surface area contributed by atoms with Gasteiger partial charge >= 0.3 is 0 Å². The van der Waals surface area contributed by atoms with Gasteiger partial charge in [0, 0.05) is 23.4 Å². The normalized spacial score (nSPS) is 14.2. The Bertz CT molecular complexity index is 1090. The Hall–Kier alpha value is -2.92. The smallest absolute Gasteiger partial charge is 0.270 e.